The van der Waals surface area contributed by atoms with E-state index in [1.165, 1.54) is 18.4 Å². The Bertz CT molecular complexity index is 355. The lowest BCUT2D eigenvalue weighted by Gasteiger charge is -2.14. The van der Waals surface area contributed by atoms with E-state index in [9.17, 15) is 4.79 Å². The molecule has 0 fully saturated rings. The summed E-state index contributed by atoms with van der Waals surface area (Å²) in [5.74, 6) is -0.458. The number of nitrogens with two attached hydrogens (primary N) is 1. The second-order valence-electron chi connectivity index (χ2n) is 4.33. The average molecular weight is 228 g/mol. The lowest BCUT2D eigenvalue weighted by atomic mass is 9.98. The smallest absolute Gasteiger partial charge is 0.328 e. The Hall–Kier alpha value is -0.940. The molecule has 4 nitrogen and oxygen atoms in total. The maximum Gasteiger partial charge on any atom is 0.328 e. The van der Waals surface area contributed by atoms with Crippen LogP contribution in [0.1, 0.15) is 37.5 Å². The van der Waals surface area contributed by atoms with Crippen LogP contribution in [-0.2, 0) is 14.9 Å². The van der Waals surface area contributed by atoms with Crippen molar-refractivity contribution in [1.29, 1.82) is 0 Å². The first-order chi connectivity index (χ1) is 6.86. The van der Waals surface area contributed by atoms with Crippen molar-refractivity contribution in [1.82, 2.24) is 4.98 Å². The number of carbonyl (C=O) groups excluding carboxylic acids is 1. The normalized spacial score (nSPS) is 13.7. The first kappa shape index (κ1) is 12.1. The summed E-state index contributed by atoms with van der Waals surface area (Å²) in [7, 11) is 1.32. The van der Waals surface area contributed by atoms with Gasteiger partial charge in [0.05, 0.1) is 17.8 Å². The molecule has 15 heavy (non-hydrogen) atoms. The molecule has 0 aromatic carbocycles. The first-order valence-electron chi connectivity index (χ1n) is 4.65. The molecule has 1 aromatic heterocycles. The molecule has 5 heteroatoms. The molecule has 1 unspecified atom stereocenters. The molecular formula is C10H16N2O2S. The molecule has 1 atom stereocenters. The van der Waals surface area contributed by atoms with Crippen LogP contribution in [0.2, 0.25) is 0 Å². The Morgan fingerprint density at radius 2 is 2.20 bits per heavy atom. The summed E-state index contributed by atoms with van der Waals surface area (Å²) in [6.45, 7) is 6.21. The highest BCUT2D eigenvalue weighted by Crippen LogP contribution is 2.27. The van der Waals surface area contributed by atoms with Gasteiger partial charge in [0.2, 0.25) is 0 Å². The van der Waals surface area contributed by atoms with Crippen LogP contribution in [0.25, 0.3) is 0 Å². The fourth-order valence-corrected chi connectivity index (χ4v) is 1.96. The van der Waals surface area contributed by atoms with Crippen LogP contribution in [0.3, 0.4) is 0 Å². The number of rotatable bonds is 2. The van der Waals surface area contributed by atoms with Gasteiger partial charge >= 0.3 is 5.97 Å². The van der Waals surface area contributed by atoms with Crippen molar-refractivity contribution in [3.05, 3.63) is 16.1 Å². The van der Waals surface area contributed by atoms with E-state index >= 15 is 0 Å². The van der Waals surface area contributed by atoms with E-state index in [2.05, 4.69) is 30.5 Å². The number of esters is 1. The Kier molecular flexibility index (Phi) is 3.46. The quantitative estimate of drug-likeness (QED) is 0.781. The van der Waals surface area contributed by atoms with Crippen LogP contribution in [0.15, 0.2) is 5.38 Å². The average Bonchev–Trinajstić information content (AvgIpc) is 2.63. The van der Waals surface area contributed by atoms with Crippen LogP contribution in [0.5, 0.6) is 0 Å². The fourth-order valence-electron chi connectivity index (χ4n) is 1.02. The molecule has 1 heterocycles. The summed E-state index contributed by atoms with van der Waals surface area (Å²) in [6.07, 6.45) is 0. The SMILES string of the molecule is COC(=O)C(N)c1csc(C(C)(C)C)n1. The molecule has 0 spiro atoms. The van der Waals surface area contributed by atoms with Gasteiger partial charge in [-0.1, -0.05) is 20.8 Å². The van der Waals surface area contributed by atoms with Gasteiger partial charge in [0.25, 0.3) is 0 Å². The molecule has 0 radical (unpaired) electrons. The van der Waals surface area contributed by atoms with Crippen molar-refractivity contribution in [2.45, 2.75) is 32.2 Å². The van der Waals surface area contributed by atoms with Gasteiger partial charge in [0.1, 0.15) is 6.04 Å². The zero-order valence-corrected chi connectivity index (χ0v) is 10.2. The van der Waals surface area contributed by atoms with E-state index < -0.39 is 12.0 Å². The molecule has 1 aromatic rings. The van der Waals surface area contributed by atoms with E-state index in [0.717, 1.165) is 5.01 Å². The number of hydrogen-bond acceptors (Lipinski definition) is 5. The Morgan fingerprint density at radius 3 is 2.60 bits per heavy atom. The number of nitrogens with zero attached hydrogens (tertiary/aromatic N) is 1. The van der Waals surface area contributed by atoms with Gasteiger partial charge in [-0.3, -0.25) is 0 Å². The third kappa shape index (κ3) is 2.76. The molecular weight excluding hydrogens is 212 g/mol. The molecule has 0 bridgehead atoms. The number of aromatic nitrogens is 1. The summed E-state index contributed by atoms with van der Waals surface area (Å²) in [5.41, 5.74) is 6.24. The zero-order chi connectivity index (χ0) is 11.6. The van der Waals surface area contributed by atoms with Gasteiger partial charge in [-0.2, -0.15) is 0 Å². The highest BCUT2D eigenvalue weighted by atomic mass is 32.1. The Labute approximate surface area is 93.5 Å². The predicted octanol–water partition coefficient (Wildman–Crippen LogP) is 1.61. The van der Waals surface area contributed by atoms with E-state index in [4.69, 9.17) is 5.73 Å². The van der Waals surface area contributed by atoms with Crippen molar-refractivity contribution in [3.63, 3.8) is 0 Å². The highest BCUT2D eigenvalue weighted by molar-refractivity contribution is 7.09. The summed E-state index contributed by atoms with van der Waals surface area (Å²) in [5, 5.41) is 2.78. The van der Waals surface area contributed by atoms with Crippen molar-refractivity contribution in [3.8, 4) is 0 Å². The largest absolute Gasteiger partial charge is 0.468 e. The predicted molar refractivity (Wildman–Crippen MR) is 59.8 cm³/mol. The third-order valence-corrected chi connectivity index (χ3v) is 3.22. The third-order valence-electron chi connectivity index (χ3n) is 1.94. The standard InChI is InChI=1S/C10H16N2O2S/c1-10(2,3)9-12-6(5-15-9)7(11)8(13)14-4/h5,7H,11H2,1-4H3. The molecule has 0 aliphatic carbocycles. The van der Waals surface area contributed by atoms with Crippen LogP contribution < -0.4 is 5.73 Å². The van der Waals surface area contributed by atoms with E-state index in [1.54, 1.807) is 0 Å². The van der Waals surface area contributed by atoms with Crippen molar-refractivity contribution >= 4 is 17.3 Å². The second-order valence-corrected chi connectivity index (χ2v) is 5.19. The lowest BCUT2D eigenvalue weighted by Crippen LogP contribution is -2.23. The number of methoxy groups -OCH3 is 1. The fraction of sp³-hybridized carbons (Fsp3) is 0.600. The number of carbonyl (C=O) groups is 1. The van der Waals surface area contributed by atoms with Crippen LogP contribution in [0.4, 0.5) is 0 Å². The minimum atomic E-state index is -0.776. The Morgan fingerprint density at radius 1 is 1.60 bits per heavy atom. The van der Waals surface area contributed by atoms with E-state index in [1.807, 2.05) is 5.38 Å². The first-order valence-corrected chi connectivity index (χ1v) is 5.53. The molecule has 1 rings (SSSR count). The monoisotopic (exact) mass is 228 g/mol. The van der Waals surface area contributed by atoms with Crippen LogP contribution >= 0.6 is 11.3 Å². The van der Waals surface area contributed by atoms with Gasteiger partial charge in [-0.15, -0.1) is 11.3 Å². The van der Waals surface area contributed by atoms with Crippen LogP contribution in [-0.4, -0.2) is 18.1 Å². The van der Waals surface area contributed by atoms with E-state index in [-0.39, 0.29) is 5.41 Å². The zero-order valence-electron chi connectivity index (χ0n) is 9.40. The summed E-state index contributed by atoms with van der Waals surface area (Å²) < 4.78 is 4.56. The lowest BCUT2D eigenvalue weighted by molar-refractivity contribution is -0.142. The minimum absolute atomic E-state index is 0.0151. The van der Waals surface area contributed by atoms with Gasteiger partial charge in [0.15, 0.2) is 0 Å². The number of hydrogen-bond donors (Lipinski definition) is 1. The van der Waals surface area contributed by atoms with Crippen molar-refractivity contribution < 1.29 is 9.53 Å². The topological polar surface area (TPSA) is 65.2 Å². The molecule has 84 valence electrons. The van der Waals surface area contributed by atoms with Gasteiger partial charge in [-0.05, 0) is 0 Å². The van der Waals surface area contributed by atoms with E-state index in [0.29, 0.717) is 5.69 Å². The highest BCUT2D eigenvalue weighted by Gasteiger charge is 2.23. The Balaban J connectivity index is 2.89. The minimum Gasteiger partial charge on any atom is -0.468 e. The molecule has 0 saturated carbocycles. The maximum absolute atomic E-state index is 11.2. The summed E-state index contributed by atoms with van der Waals surface area (Å²) in [6, 6.07) is -0.776. The summed E-state index contributed by atoms with van der Waals surface area (Å²) >= 11 is 1.51. The second kappa shape index (κ2) is 4.28. The summed E-state index contributed by atoms with van der Waals surface area (Å²) in [4.78, 5) is 15.5. The maximum atomic E-state index is 11.2. The molecule has 0 aliphatic heterocycles. The van der Waals surface area contributed by atoms with Crippen molar-refractivity contribution in [2.24, 2.45) is 5.73 Å². The molecule has 0 amide bonds. The van der Waals surface area contributed by atoms with Crippen molar-refractivity contribution in [2.75, 3.05) is 7.11 Å². The molecule has 0 aliphatic rings. The van der Waals surface area contributed by atoms with Gasteiger partial charge in [-0.25, -0.2) is 9.78 Å². The van der Waals surface area contributed by atoms with Gasteiger partial charge < -0.3 is 10.5 Å². The molecule has 0 saturated heterocycles. The van der Waals surface area contributed by atoms with Gasteiger partial charge in [0, 0.05) is 10.8 Å². The number of ether oxygens (including phenoxy) is 1. The van der Waals surface area contributed by atoms with Crippen LogP contribution in [0, 0.1) is 0 Å². The molecule has 2 N–H and O–H groups in total. The number of thiazole rings is 1.